The molecule has 9 nitrogen and oxygen atoms in total. The van der Waals surface area contributed by atoms with Gasteiger partial charge in [0.05, 0.1) is 22.5 Å². The maximum atomic E-state index is 14.8. The molecule has 0 bridgehead atoms. The van der Waals surface area contributed by atoms with E-state index in [1.807, 2.05) is 18.2 Å². The van der Waals surface area contributed by atoms with E-state index in [1.54, 1.807) is 59.7 Å². The lowest BCUT2D eigenvalue weighted by Crippen LogP contribution is -2.26. The average Bonchev–Trinajstić information content (AvgIpc) is 3.39. The maximum absolute atomic E-state index is 14.8. The molecule has 1 aromatic carbocycles. The summed E-state index contributed by atoms with van der Waals surface area (Å²) in [5, 5.41) is 14.0. The predicted octanol–water partition coefficient (Wildman–Crippen LogP) is 5.48. The molecule has 4 aromatic rings. The predicted molar refractivity (Wildman–Crippen MR) is 149 cm³/mol. The van der Waals surface area contributed by atoms with Gasteiger partial charge in [0.25, 0.3) is 5.91 Å². The van der Waals surface area contributed by atoms with Crippen LogP contribution in [0, 0.1) is 11.3 Å². The number of rotatable bonds is 9. The Bertz CT molecular complexity index is 1650. The molecule has 0 radical (unpaired) electrons. The number of nitriles is 1. The summed E-state index contributed by atoms with van der Waals surface area (Å²) in [6.07, 6.45) is 12.2. The first-order valence-electron chi connectivity index (χ1n) is 12.2. The van der Waals surface area contributed by atoms with Gasteiger partial charge in [0, 0.05) is 42.9 Å². The Labute approximate surface area is 238 Å². The number of ether oxygens (including phenoxy) is 1. The standard InChI is InChI=1S/C28H22Cl2FN7O2/c29-21-15-18(1-2-19(21)28(39)35-11-7-17-5-9-33-10-6-17)37-26-27-36-16-22(38(27)13-12-34-26)20-3-4-23(40-14-8-32)25(31)24(20)30/h1-6,9-10,12-13,15-16,20,24H,7,11,14H2,(H,34,37)(H,35,39). The zero-order valence-corrected chi connectivity index (χ0v) is 22.4. The largest absolute Gasteiger partial charge is 0.476 e. The number of alkyl halides is 1. The second-order valence-electron chi connectivity index (χ2n) is 8.78. The van der Waals surface area contributed by atoms with E-state index in [9.17, 15) is 9.18 Å². The Morgan fingerprint density at radius 1 is 1.20 bits per heavy atom. The lowest BCUT2D eigenvalue weighted by atomic mass is 9.95. The van der Waals surface area contributed by atoms with E-state index in [4.69, 9.17) is 33.2 Å². The first-order valence-corrected chi connectivity index (χ1v) is 13.0. The van der Waals surface area contributed by atoms with Gasteiger partial charge in [-0.25, -0.2) is 14.4 Å². The minimum absolute atomic E-state index is 0.0570. The number of allylic oxidation sites excluding steroid dienone is 3. The third kappa shape index (κ3) is 5.76. The molecule has 202 valence electrons. The molecule has 12 heteroatoms. The number of amides is 1. The molecule has 1 aliphatic carbocycles. The molecular weight excluding hydrogens is 556 g/mol. The van der Waals surface area contributed by atoms with Gasteiger partial charge in [-0.05, 0) is 48.4 Å². The van der Waals surface area contributed by atoms with Crippen molar-refractivity contribution in [3.63, 3.8) is 0 Å². The van der Waals surface area contributed by atoms with Crippen molar-refractivity contribution in [1.29, 1.82) is 5.26 Å². The number of benzene rings is 1. The number of hydrogen-bond acceptors (Lipinski definition) is 7. The molecule has 2 N–H and O–H groups in total. The molecule has 3 heterocycles. The fourth-order valence-corrected chi connectivity index (χ4v) is 4.88. The zero-order valence-electron chi connectivity index (χ0n) is 20.9. The van der Waals surface area contributed by atoms with E-state index in [-0.39, 0.29) is 23.3 Å². The van der Waals surface area contributed by atoms with Crippen molar-refractivity contribution < 1.29 is 13.9 Å². The molecule has 2 atom stereocenters. The van der Waals surface area contributed by atoms with Crippen LogP contribution in [0.25, 0.3) is 5.65 Å². The number of hydrogen-bond donors (Lipinski definition) is 2. The number of nitrogens with zero attached hydrogens (tertiary/aromatic N) is 5. The summed E-state index contributed by atoms with van der Waals surface area (Å²) in [5.41, 5.74) is 3.15. The summed E-state index contributed by atoms with van der Waals surface area (Å²) < 4.78 is 21.7. The highest BCUT2D eigenvalue weighted by Crippen LogP contribution is 2.37. The number of halogens is 3. The van der Waals surface area contributed by atoms with Crippen LogP contribution < -0.4 is 10.6 Å². The van der Waals surface area contributed by atoms with Gasteiger partial charge in [-0.2, -0.15) is 5.26 Å². The molecule has 1 amide bonds. The smallest absolute Gasteiger partial charge is 0.252 e. The van der Waals surface area contributed by atoms with E-state index in [0.29, 0.717) is 41.4 Å². The Balaban J connectivity index is 1.29. The van der Waals surface area contributed by atoms with Crippen LogP contribution in [0.5, 0.6) is 0 Å². The molecule has 0 aliphatic heterocycles. The minimum Gasteiger partial charge on any atom is -0.476 e. The first kappa shape index (κ1) is 27.1. The van der Waals surface area contributed by atoms with Gasteiger partial charge >= 0.3 is 0 Å². The van der Waals surface area contributed by atoms with Gasteiger partial charge in [0.1, 0.15) is 11.4 Å². The lowest BCUT2D eigenvalue weighted by Gasteiger charge is -2.22. The number of pyridine rings is 1. The SMILES string of the molecule is N#CCOC1=C(F)C(Cl)C(c2cnc3c(Nc4ccc(C(=O)NCCc5ccncc5)c(Cl)c4)nccn23)C=C1. The number of carbonyl (C=O) groups excluding carboxylic acids is 1. The Kier molecular flexibility index (Phi) is 8.24. The van der Waals surface area contributed by atoms with Crippen molar-refractivity contribution in [2.24, 2.45) is 0 Å². The minimum atomic E-state index is -1.04. The third-order valence-corrected chi connectivity index (χ3v) is 7.04. The lowest BCUT2D eigenvalue weighted by molar-refractivity contribution is 0.0954. The van der Waals surface area contributed by atoms with Crippen molar-refractivity contribution in [2.75, 3.05) is 18.5 Å². The zero-order chi connectivity index (χ0) is 28.1. The number of aromatic nitrogens is 4. The number of carbonyl (C=O) groups is 1. The van der Waals surface area contributed by atoms with E-state index in [2.05, 4.69) is 25.6 Å². The third-order valence-electron chi connectivity index (χ3n) is 6.26. The molecule has 0 saturated heterocycles. The fourth-order valence-electron chi connectivity index (χ4n) is 4.29. The van der Waals surface area contributed by atoms with Crippen LogP contribution in [0.1, 0.15) is 27.5 Å². The summed E-state index contributed by atoms with van der Waals surface area (Å²) in [6, 6.07) is 10.6. The Hall–Kier alpha value is -4.46. The van der Waals surface area contributed by atoms with Crippen LogP contribution in [-0.4, -0.2) is 43.8 Å². The van der Waals surface area contributed by atoms with Crippen molar-refractivity contribution in [2.45, 2.75) is 17.7 Å². The summed E-state index contributed by atoms with van der Waals surface area (Å²) in [7, 11) is 0. The monoisotopic (exact) mass is 577 g/mol. The van der Waals surface area contributed by atoms with Gasteiger partial charge in [-0.1, -0.05) is 17.7 Å². The van der Waals surface area contributed by atoms with Crippen molar-refractivity contribution in [1.82, 2.24) is 24.7 Å². The van der Waals surface area contributed by atoms with E-state index >= 15 is 0 Å². The first-order chi connectivity index (χ1) is 19.5. The van der Waals surface area contributed by atoms with Crippen molar-refractivity contribution >= 4 is 46.3 Å². The van der Waals surface area contributed by atoms with Crippen molar-refractivity contribution in [3.8, 4) is 6.07 Å². The molecular formula is C28H22Cl2FN7O2. The van der Waals surface area contributed by atoms with Crippen LogP contribution in [0.15, 0.2) is 85.1 Å². The normalized spacial score (nSPS) is 16.6. The van der Waals surface area contributed by atoms with Gasteiger partial charge < -0.3 is 15.4 Å². The Morgan fingerprint density at radius 2 is 2.02 bits per heavy atom. The van der Waals surface area contributed by atoms with Crippen LogP contribution in [0.3, 0.4) is 0 Å². The van der Waals surface area contributed by atoms with Crippen LogP contribution in [0.4, 0.5) is 15.9 Å². The highest BCUT2D eigenvalue weighted by molar-refractivity contribution is 6.34. The molecule has 0 saturated carbocycles. The van der Waals surface area contributed by atoms with Gasteiger partial charge in [-0.15, -0.1) is 11.6 Å². The molecule has 1 aliphatic rings. The van der Waals surface area contributed by atoms with Crippen LogP contribution in [-0.2, 0) is 11.2 Å². The highest BCUT2D eigenvalue weighted by Gasteiger charge is 2.32. The summed E-state index contributed by atoms with van der Waals surface area (Å²) in [6.45, 7) is 0.181. The highest BCUT2D eigenvalue weighted by atomic mass is 35.5. The van der Waals surface area contributed by atoms with Gasteiger partial charge in [0.15, 0.2) is 29.7 Å². The second kappa shape index (κ2) is 12.2. The Morgan fingerprint density at radius 3 is 2.80 bits per heavy atom. The number of anilines is 2. The quantitative estimate of drug-likeness (QED) is 0.253. The average molecular weight is 578 g/mol. The van der Waals surface area contributed by atoms with Crippen molar-refractivity contribution in [3.05, 3.63) is 107 Å². The molecule has 2 unspecified atom stereocenters. The van der Waals surface area contributed by atoms with Crippen LogP contribution >= 0.6 is 23.2 Å². The van der Waals surface area contributed by atoms with E-state index in [0.717, 1.165) is 5.56 Å². The molecule has 40 heavy (non-hydrogen) atoms. The molecule has 0 fully saturated rings. The fraction of sp³-hybridized carbons (Fsp3) is 0.179. The van der Waals surface area contributed by atoms with Gasteiger partial charge in [-0.3, -0.25) is 14.2 Å². The molecule has 3 aromatic heterocycles. The van der Waals surface area contributed by atoms with Crippen LogP contribution in [0.2, 0.25) is 5.02 Å². The van der Waals surface area contributed by atoms with E-state index in [1.165, 1.54) is 6.08 Å². The summed E-state index contributed by atoms with van der Waals surface area (Å²) >= 11 is 12.9. The summed E-state index contributed by atoms with van der Waals surface area (Å²) in [5.74, 6) is -1.09. The molecule has 5 rings (SSSR count). The van der Waals surface area contributed by atoms with Gasteiger partial charge in [0.2, 0.25) is 0 Å². The number of fused-ring (bicyclic) bond motifs is 1. The summed E-state index contributed by atoms with van der Waals surface area (Å²) in [4.78, 5) is 25.5. The second-order valence-corrected chi connectivity index (χ2v) is 9.66. The van der Waals surface area contributed by atoms with E-state index < -0.39 is 17.1 Å². The molecule has 0 spiro atoms. The maximum Gasteiger partial charge on any atom is 0.252 e. The number of nitrogens with one attached hydrogen (secondary N) is 2. The number of imidazole rings is 1. The topological polar surface area (TPSA) is 117 Å².